The average molecular weight is 424 g/mol. The minimum absolute atomic E-state index is 0.195. The van der Waals surface area contributed by atoms with Gasteiger partial charge in [0.05, 0.1) is 31.7 Å². The van der Waals surface area contributed by atoms with Crippen molar-refractivity contribution in [2.45, 2.75) is 39.2 Å². The molecule has 1 saturated carbocycles. The van der Waals surface area contributed by atoms with Gasteiger partial charge in [-0.2, -0.15) is 0 Å². The van der Waals surface area contributed by atoms with Crippen molar-refractivity contribution in [2.75, 3.05) is 25.1 Å². The topological polar surface area (TPSA) is 86.8 Å². The number of carbonyl (C=O) groups excluding carboxylic acids is 2. The lowest BCUT2D eigenvalue weighted by Gasteiger charge is -2.24. The lowest BCUT2D eigenvalue weighted by Crippen LogP contribution is -2.26. The zero-order valence-electron chi connectivity index (χ0n) is 17.9. The average Bonchev–Trinajstić information content (AvgIpc) is 3.58. The van der Waals surface area contributed by atoms with E-state index < -0.39 is 0 Å². The summed E-state index contributed by atoms with van der Waals surface area (Å²) in [5, 5.41) is 2.83. The predicted octanol–water partition coefficient (Wildman–Crippen LogP) is 3.75. The molecule has 7 heteroatoms. The Morgan fingerprint density at radius 3 is 2.65 bits per heavy atom. The molecule has 7 nitrogen and oxygen atoms in total. The maximum Gasteiger partial charge on any atom is 0.309 e. The number of anilines is 1. The molecule has 0 radical (unpaired) electrons. The van der Waals surface area contributed by atoms with Gasteiger partial charge in [0.25, 0.3) is 0 Å². The third kappa shape index (κ3) is 5.22. The van der Waals surface area contributed by atoms with Gasteiger partial charge >= 0.3 is 5.97 Å². The van der Waals surface area contributed by atoms with E-state index in [0.29, 0.717) is 18.8 Å². The quantitative estimate of drug-likeness (QED) is 0.681. The summed E-state index contributed by atoms with van der Waals surface area (Å²) in [7, 11) is 0. The molecule has 164 valence electrons. The van der Waals surface area contributed by atoms with Gasteiger partial charge in [-0.1, -0.05) is 6.07 Å². The molecule has 1 aliphatic heterocycles. The first-order chi connectivity index (χ1) is 15.0. The van der Waals surface area contributed by atoms with E-state index >= 15 is 0 Å². The van der Waals surface area contributed by atoms with E-state index in [2.05, 4.69) is 16.4 Å². The van der Waals surface area contributed by atoms with Crippen LogP contribution < -0.4 is 10.1 Å². The van der Waals surface area contributed by atoms with Gasteiger partial charge in [-0.05, 0) is 61.2 Å². The maximum absolute atomic E-state index is 12.4. The van der Waals surface area contributed by atoms with Crippen molar-refractivity contribution in [3.8, 4) is 16.9 Å². The molecule has 0 unspecified atom stereocenters. The Balaban J connectivity index is 1.40. The number of aryl methyl sites for hydroxylation is 1. The van der Waals surface area contributed by atoms with E-state index in [0.717, 1.165) is 48.5 Å². The number of esters is 1. The molecule has 0 spiro atoms. The second-order valence-electron chi connectivity index (χ2n) is 8.03. The summed E-state index contributed by atoms with van der Waals surface area (Å²) in [6.07, 6.45) is 4.21. The largest absolute Gasteiger partial charge is 0.490 e. The van der Waals surface area contributed by atoms with Gasteiger partial charge in [0.1, 0.15) is 17.7 Å². The molecule has 1 N–H and O–H groups in total. The maximum atomic E-state index is 12.4. The van der Waals surface area contributed by atoms with E-state index in [1.807, 2.05) is 31.2 Å². The first-order valence-electron chi connectivity index (χ1n) is 10.8. The van der Waals surface area contributed by atoms with Crippen molar-refractivity contribution < 1.29 is 23.8 Å². The Morgan fingerprint density at radius 2 is 1.90 bits per heavy atom. The van der Waals surface area contributed by atoms with Crippen molar-refractivity contribution in [2.24, 2.45) is 11.8 Å². The number of nitrogens with one attached hydrogen (secondary N) is 1. The highest BCUT2D eigenvalue weighted by molar-refractivity contribution is 5.98. The highest BCUT2D eigenvalue weighted by atomic mass is 16.5. The summed E-state index contributed by atoms with van der Waals surface area (Å²) in [6.45, 7) is 5.61. The molecule has 1 amide bonds. The normalized spacial score (nSPS) is 20.7. The Hall–Kier alpha value is -2.93. The van der Waals surface area contributed by atoms with Crippen molar-refractivity contribution in [3.05, 3.63) is 42.1 Å². The summed E-state index contributed by atoms with van der Waals surface area (Å²) in [6, 6.07) is 9.83. The number of ether oxygens (including phenoxy) is 3. The lowest BCUT2D eigenvalue weighted by atomic mass is 10.0. The minimum atomic E-state index is -0.339. The number of hydrogen-bond acceptors (Lipinski definition) is 6. The third-order valence-corrected chi connectivity index (χ3v) is 5.70. The number of aromatic nitrogens is 1. The molecule has 2 fully saturated rings. The van der Waals surface area contributed by atoms with Crippen LogP contribution in [-0.4, -0.2) is 42.8 Å². The smallest absolute Gasteiger partial charge is 0.309 e. The Labute approximate surface area is 182 Å². The van der Waals surface area contributed by atoms with E-state index in [1.165, 1.54) is 0 Å². The summed E-state index contributed by atoms with van der Waals surface area (Å²) in [5.74, 6) is 0.179. The van der Waals surface area contributed by atoms with Gasteiger partial charge in [-0.15, -0.1) is 0 Å². The van der Waals surface area contributed by atoms with Gasteiger partial charge in [-0.25, -0.2) is 4.98 Å². The molecule has 1 saturated heterocycles. The monoisotopic (exact) mass is 424 g/mol. The van der Waals surface area contributed by atoms with Crippen LogP contribution in [0.3, 0.4) is 0 Å². The molecule has 31 heavy (non-hydrogen) atoms. The van der Waals surface area contributed by atoms with Gasteiger partial charge < -0.3 is 19.5 Å². The molecule has 1 aromatic heterocycles. The van der Waals surface area contributed by atoms with Gasteiger partial charge in [0.2, 0.25) is 5.91 Å². The first-order valence-corrected chi connectivity index (χ1v) is 10.8. The number of hydrogen-bond donors (Lipinski definition) is 1. The number of pyridine rings is 1. The second-order valence-corrected chi connectivity index (χ2v) is 8.03. The summed E-state index contributed by atoms with van der Waals surface area (Å²) < 4.78 is 16.5. The van der Waals surface area contributed by atoms with Gasteiger partial charge in [0.15, 0.2) is 0 Å². The number of rotatable bonds is 7. The number of nitrogens with zero attached hydrogens (tertiary/aromatic N) is 1. The fourth-order valence-electron chi connectivity index (χ4n) is 3.83. The molecule has 2 aromatic rings. The molecule has 0 bridgehead atoms. The van der Waals surface area contributed by atoms with Gasteiger partial charge in [0, 0.05) is 19.0 Å². The molecule has 2 heterocycles. The van der Waals surface area contributed by atoms with Crippen LogP contribution in [0, 0.1) is 18.8 Å². The number of benzene rings is 1. The Bertz CT molecular complexity index is 955. The standard InChI is InChI=1S/C24H28N2O5/c1-3-30-24(28)20-14-19(20)23(27)26-22-13-17(6-9-25-22)16-4-5-21(15(2)12-16)31-18-7-10-29-11-8-18/h4-6,9,12-13,18-20H,3,7-8,10-11,14H2,1-2H3,(H,25,26,27)/t19-,20-/m1/s1. The number of amides is 1. The Morgan fingerprint density at radius 1 is 1.13 bits per heavy atom. The SMILES string of the molecule is CCOC(=O)[C@@H]1C[C@H]1C(=O)Nc1cc(-c2ccc(OC3CCOCC3)c(C)c2)ccn1. The highest BCUT2D eigenvalue weighted by Crippen LogP contribution is 2.40. The van der Waals surface area contributed by atoms with Crippen LogP contribution in [-0.2, 0) is 19.1 Å². The molecule has 4 rings (SSSR count). The molecular weight excluding hydrogens is 396 g/mol. The Kier molecular flexibility index (Phi) is 6.51. The lowest BCUT2D eigenvalue weighted by molar-refractivity contribution is -0.145. The van der Waals surface area contributed by atoms with E-state index in [9.17, 15) is 9.59 Å². The minimum Gasteiger partial charge on any atom is -0.490 e. The molecular formula is C24H28N2O5. The van der Waals surface area contributed by atoms with Crippen LogP contribution in [0.15, 0.2) is 36.5 Å². The zero-order chi connectivity index (χ0) is 21.8. The van der Waals surface area contributed by atoms with Crippen molar-refractivity contribution in [1.29, 1.82) is 0 Å². The number of carbonyl (C=O) groups is 2. The van der Waals surface area contributed by atoms with E-state index in [4.69, 9.17) is 14.2 Å². The summed E-state index contributed by atoms with van der Waals surface area (Å²) in [4.78, 5) is 28.5. The van der Waals surface area contributed by atoms with Crippen molar-refractivity contribution >= 4 is 17.7 Å². The summed E-state index contributed by atoms with van der Waals surface area (Å²) >= 11 is 0. The van der Waals surface area contributed by atoms with Crippen LogP contribution in [0.2, 0.25) is 0 Å². The van der Waals surface area contributed by atoms with Crippen LogP contribution in [0.1, 0.15) is 31.7 Å². The predicted molar refractivity (Wildman–Crippen MR) is 116 cm³/mol. The van der Waals surface area contributed by atoms with Crippen molar-refractivity contribution in [1.82, 2.24) is 4.98 Å². The van der Waals surface area contributed by atoms with Crippen LogP contribution in [0.5, 0.6) is 5.75 Å². The van der Waals surface area contributed by atoms with Gasteiger partial charge in [-0.3, -0.25) is 9.59 Å². The molecule has 1 aromatic carbocycles. The molecule has 2 aliphatic rings. The van der Waals surface area contributed by atoms with E-state index in [-0.39, 0.29) is 29.8 Å². The second kappa shape index (κ2) is 9.47. The van der Waals surface area contributed by atoms with Crippen LogP contribution in [0.4, 0.5) is 5.82 Å². The fraction of sp³-hybridized carbons (Fsp3) is 0.458. The zero-order valence-corrected chi connectivity index (χ0v) is 17.9. The molecule has 1 aliphatic carbocycles. The summed E-state index contributed by atoms with van der Waals surface area (Å²) in [5.41, 5.74) is 3.02. The first kappa shape index (κ1) is 21.3. The van der Waals surface area contributed by atoms with Crippen LogP contribution in [0.25, 0.3) is 11.1 Å². The van der Waals surface area contributed by atoms with Crippen LogP contribution >= 0.6 is 0 Å². The highest BCUT2D eigenvalue weighted by Gasteiger charge is 2.49. The third-order valence-electron chi connectivity index (χ3n) is 5.70. The molecule has 2 atom stereocenters. The van der Waals surface area contributed by atoms with Crippen molar-refractivity contribution in [3.63, 3.8) is 0 Å². The fourth-order valence-corrected chi connectivity index (χ4v) is 3.83. The van der Waals surface area contributed by atoms with E-state index in [1.54, 1.807) is 13.1 Å².